The number of halogens is 1. The summed E-state index contributed by atoms with van der Waals surface area (Å²) >= 11 is 6.71. The lowest BCUT2D eigenvalue weighted by molar-refractivity contribution is -0.0160. The summed E-state index contributed by atoms with van der Waals surface area (Å²) in [5.41, 5.74) is 3.92. The van der Waals surface area contributed by atoms with Crippen molar-refractivity contribution < 1.29 is 9.90 Å². The van der Waals surface area contributed by atoms with E-state index in [2.05, 4.69) is 15.0 Å². The van der Waals surface area contributed by atoms with E-state index in [1.807, 2.05) is 31.6 Å². The second-order valence-corrected chi connectivity index (χ2v) is 9.06. The Morgan fingerprint density at radius 3 is 2.69 bits per heavy atom. The van der Waals surface area contributed by atoms with E-state index in [1.165, 1.54) is 0 Å². The summed E-state index contributed by atoms with van der Waals surface area (Å²) in [7, 11) is 1.88. The van der Waals surface area contributed by atoms with Gasteiger partial charge in [-0.15, -0.1) is 0 Å². The molecule has 9 nitrogen and oxygen atoms in total. The van der Waals surface area contributed by atoms with E-state index >= 15 is 0 Å². The fourth-order valence-corrected chi connectivity index (χ4v) is 5.45. The molecule has 0 atom stereocenters. The van der Waals surface area contributed by atoms with Crippen molar-refractivity contribution in [1.82, 2.24) is 29.6 Å². The molecule has 2 fully saturated rings. The van der Waals surface area contributed by atoms with Crippen molar-refractivity contribution in [3.05, 3.63) is 35.7 Å². The maximum Gasteiger partial charge on any atom is 0.407 e. The summed E-state index contributed by atoms with van der Waals surface area (Å²) in [5, 5.41) is 15.4. The number of hydrogen-bond donors (Lipinski definition) is 2. The first-order valence-electron chi connectivity index (χ1n) is 10.7. The number of H-pyrrole nitrogens is 1. The van der Waals surface area contributed by atoms with E-state index < -0.39 is 6.09 Å². The number of benzene rings is 1. The number of aromatic amines is 1. The molecule has 6 rings (SSSR count). The molecule has 0 aliphatic carbocycles. The molecule has 3 aromatic heterocycles. The van der Waals surface area contributed by atoms with Crippen LogP contribution in [0.2, 0.25) is 5.02 Å². The number of anilines is 1. The minimum Gasteiger partial charge on any atom is -0.465 e. The minimum absolute atomic E-state index is 0.193. The average Bonchev–Trinajstić information content (AvgIpc) is 3.36. The molecule has 32 heavy (non-hydrogen) atoms. The van der Waals surface area contributed by atoms with Gasteiger partial charge < -0.3 is 19.9 Å². The van der Waals surface area contributed by atoms with Gasteiger partial charge in [0.15, 0.2) is 5.65 Å². The van der Waals surface area contributed by atoms with Crippen LogP contribution in [0, 0.1) is 0 Å². The standard InChI is InChI=1S/C22H22ClN7O2/c1-28-12-15-16(27-28)3-2-13(18(15)23)14-10-25-20-19(14)24-11-17(26-20)29-7-4-22(5-8-29)6-9-30(22)21(31)32/h2-3,10-12H,4-9H2,1H3,(H,25,26)(H,31,32). The van der Waals surface area contributed by atoms with E-state index in [0.29, 0.717) is 17.2 Å². The molecule has 0 bridgehead atoms. The van der Waals surface area contributed by atoms with Crippen molar-refractivity contribution in [1.29, 1.82) is 0 Å². The molecular weight excluding hydrogens is 430 g/mol. The molecule has 1 amide bonds. The first-order chi connectivity index (χ1) is 15.4. The smallest absolute Gasteiger partial charge is 0.407 e. The van der Waals surface area contributed by atoms with Crippen molar-refractivity contribution in [2.45, 2.75) is 24.8 Å². The third-order valence-electron chi connectivity index (χ3n) is 7.02. The first kappa shape index (κ1) is 19.4. The molecule has 0 unspecified atom stereocenters. The van der Waals surface area contributed by atoms with E-state index in [9.17, 15) is 9.90 Å². The van der Waals surface area contributed by atoms with Gasteiger partial charge in [0.25, 0.3) is 0 Å². The van der Waals surface area contributed by atoms with Crippen molar-refractivity contribution in [2.75, 3.05) is 24.5 Å². The van der Waals surface area contributed by atoms with E-state index in [-0.39, 0.29) is 5.54 Å². The highest BCUT2D eigenvalue weighted by molar-refractivity contribution is 6.38. The summed E-state index contributed by atoms with van der Waals surface area (Å²) in [6.07, 6.45) is 7.36. The molecule has 2 saturated heterocycles. The Kier molecular flexibility index (Phi) is 4.13. The fourth-order valence-electron chi connectivity index (χ4n) is 5.14. The van der Waals surface area contributed by atoms with Crippen LogP contribution in [-0.4, -0.2) is 66.0 Å². The predicted octanol–water partition coefficient (Wildman–Crippen LogP) is 3.89. The number of piperidine rings is 1. The zero-order chi connectivity index (χ0) is 22.0. The number of rotatable bonds is 2. The topological polar surface area (TPSA) is 103 Å². The number of nitrogens with one attached hydrogen (secondary N) is 1. The summed E-state index contributed by atoms with van der Waals surface area (Å²) in [6.45, 7) is 2.17. The Morgan fingerprint density at radius 1 is 1.19 bits per heavy atom. The highest BCUT2D eigenvalue weighted by atomic mass is 35.5. The number of hydrogen-bond acceptors (Lipinski definition) is 5. The lowest BCUT2D eigenvalue weighted by Gasteiger charge is -2.55. The quantitative estimate of drug-likeness (QED) is 0.479. The largest absolute Gasteiger partial charge is 0.465 e. The fraction of sp³-hybridized carbons (Fsp3) is 0.364. The number of likely N-dealkylation sites (tertiary alicyclic amines) is 1. The second kappa shape index (κ2) is 6.83. The van der Waals surface area contributed by atoms with Crippen LogP contribution in [0.25, 0.3) is 33.2 Å². The molecule has 0 radical (unpaired) electrons. The highest BCUT2D eigenvalue weighted by Crippen LogP contribution is 2.41. The molecule has 5 heterocycles. The highest BCUT2D eigenvalue weighted by Gasteiger charge is 2.49. The van der Waals surface area contributed by atoms with Crippen LogP contribution in [-0.2, 0) is 7.05 Å². The molecule has 2 aliphatic rings. The van der Waals surface area contributed by atoms with Crippen LogP contribution in [0.5, 0.6) is 0 Å². The van der Waals surface area contributed by atoms with Gasteiger partial charge in [0.05, 0.1) is 22.3 Å². The van der Waals surface area contributed by atoms with Gasteiger partial charge in [-0.25, -0.2) is 14.8 Å². The molecule has 1 spiro atoms. The molecule has 4 aromatic rings. The van der Waals surface area contributed by atoms with Crippen LogP contribution < -0.4 is 4.90 Å². The maximum atomic E-state index is 11.4. The zero-order valence-electron chi connectivity index (χ0n) is 17.5. The number of amides is 1. The Balaban J connectivity index is 1.29. The average molecular weight is 452 g/mol. The van der Waals surface area contributed by atoms with Crippen LogP contribution in [0.1, 0.15) is 19.3 Å². The summed E-state index contributed by atoms with van der Waals surface area (Å²) in [6, 6.07) is 3.92. The Morgan fingerprint density at radius 2 is 1.97 bits per heavy atom. The predicted molar refractivity (Wildman–Crippen MR) is 122 cm³/mol. The first-order valence-corrected chi connectivity index (χ1v) is 11.0. The van der Waals surface area contributed by atoms with E-state index in [1.54, 1.807) is 15.8 Å². The van der Waals surface area contributed by atoms with Gasteiger partial charge in [0, 0.05) is 55.6 Å². The van der Waals surface area contributed by atoms with Gasteiger partial charge in [-0.3, -0.25) is 4.68 Å². The van der Waals surface area contributed by atoms with Crippen LogP contribution in [0.3, 0.4) is 0 Å². The van der Waals surface area contributed by atoms with Crippen LogP contribution >= 0.6 is 11.6 Å². The van der Waals surface area contributed by atoms with Gasteiger partial charge in [-0.05, 0) is 25.3 Å². The monoisotopic (exact) mass is 451 g/mol. The van der Waals surface area contributed by atoms with Gasteiger partial charge in [-0.2, -0.15) is 5.10 Å². The lowest BCUT2D eigenvalue weighted by atomic mass is 9.77. The normalized spacial score (nSPS) is 17.9. The minimum atomic E-state index is -0.812. The van der Waals surface area contributed by atoms with Gasteiger partial charge in [0.2, 0.25) is 0 Å². The summed E-state index contributed by atoms with van der Waals surface area (Å²) < 4.78 is 1.75. The third kappa shape index (κ3) is 2.77. The molecule has 1 aromatic carbocycles. The number of fused-ring (bicyclic) bond motifs is 2. The van der Waals surface area contributed by atoms with Gasteiger partial charge in [0.1, 0.15) is 11.3 Å². The van der Waals surface area contributed by atoms with Crippen molar-refractivity contribution in [3.8, 4) is 11.1 Å². The number of carboxylic acid groups (broad SMARTS) is 1. The Hall–Kier alpha value is -3.33. The molecule has 2 aliphatic heterocycles. The van der Waals surface area contributed by atoms with E-state index in [4.69, 9.17) is 21.6 Å². The number of carbonyl (C=O) groups is 1. The molecule has 2 N–H and O–H groups in total. The number of aromatic nitrogens is 5. The van der Waals surface area contributed by atoms with Gasteiger partial charge in [-0.1, -0.05) is 17.7 Å². The molecule has 10 heteroatoms. The van der Waals surface area contributed by atoms with Gasteiger partial charge >= 0.3 is 6.09 Å². The molecule has 0 saturated carbocycles. The lowest BCUT2D eigenvalue weighted by Crippen LogP contribution is -2.65. The second-order valence-electron chi connectivity index (χ2n) is 8.69. The van der Waals surface area contributed by atoms with Crippen molar-refractivity contribution in [2.24, 2.45) is 7.05 Å². The summed E-state index contributed by atoms with van der Waals surface area (Å²) in [5.74, 6) is 0.802. The van der Waals surface area contributed by atoms with Crippen LogP contribution in [0.15, 0.2) is 30.7 Å². The third-order valence-corrected chi connectivity index (χ3v) is 7.43. The van der Waals surface area contributed by atoms with Crippen LogP contribution in [0.4, 0.5) is 10.6 Å². The van der Waals surface area contributed by atoms with Crippen molar-refractivity contribution >= 4 is 45.6 Å². The van der Waals surface area contributed by atoms with E-state index in [0.717, 1.165) is 65.7 Å². The number of aryl methyl sites for hydroxylation is 1. The zero-order valence-corrected chi connectivity index (χ0v) is 18.3. The summed E-state index contributed by atoms with van der Waals surface area (Å²) in [4.78, 5) is 28.0. The molecular formula is C22H22ClN7O2. The SMILES string of the molecule is Cn1cc2c(Cl)c(-c3c[nH]c4nc(N5CCC6(CC5)CCN6C(=O)O)cnc34)ccc2n1. The number of nitrogens with zero attached hydrogens (tertiary/aromatic N) is 6. The van der Waals surface area contributed by atoms with Crippen molar-refractivity contribution in [3.63, 3.8) is 0 Å². The maximum absolute atomic E-state index is 11.4. The Bertz CT molecular complexity index is 1370. The Labute approximate surface area is 188 Å². The molecule has 164 valence electrons.